The summed E-state index contributed by atoms with van der Waals surface area (Å²) in [4.78, 5) is 22.7. The smallest absolute Gasteiger partial charge is 0.271 e. The summed E-state index contributed by atoms with van der Waals surface area (Å²) in [6.07, 6.45) is 2.04. The average Bonchev–Trinajstić information content (AvgIpc) is 2.57. The molecule has 0 saturated heterocycles. The number of nitro groups is 1. The predicted octanol–water partition coefficient (Wildman–Crippen LogP) is 4.33. The molecule has 2 aromatic carbocycles. The largest absolute Gasteiger partial charge is 0.494 e. The van der Waals surface area contributed by atoms with Crippen molar-refractivity contribution in [3.63, 3.8) is 0 Å². The number of hydrogen-bond donors (Lipinski definition) is 1. The molecule has 6 nitrogen and oxygen atoms in total. The van der Waals surface area contributed by atoms with Gasteiger partial charge in [0, 0.05) is 17.7 Å². The normalized spacial score (nSPS) is 10.2. The Morgan fingerprint density at radius 3 is 2.54 bits per heavy atom. The highest BCUT2D eigenvalue weighted by atomic mass is 16.6. The summed E-state index contributed by atoms with van der Waals surface area (Å²) < 4.78 is 5.55. The first kappa shape index (κ1) is 17.5. The molecule has 6 heteroatoms. The third-order valence-electron chi connectivity index (χ3n) is 3.56. The van der Waals surface area contributed by atoms with Gasteiger partial charge in [0.1, 0.15) is 5.75 Å². The third-order valence-corrected chi connectivity index (χ3v) is 3.56. The highest BCUT2D eigenvalue weighted by Crippen LogP contribution is 2.23. The van der Waals surface area contributed by atoms with Crippen LogP contribution in [0.15, 0.2) is 42.5 Å². The molecule has 0 radical (unpaired) electrons. The lowest BCUT2D eigenvalue weighted by Gasteiger charge is -2.09. The van der Waals surface area contributed by atoms with Crippen molar-refractivity contribution < 1.29 is 14.5 Å². The van der Waals surface area contributed by atoms with E-state index in [9.17, 15) is 14.9 Å². The fourth-order valence-corrected chi connectivity index (χ4v) is 2.09. The van der Waals surface area contributed by atoms with Crippen molar-refractivity contribution in [3.8, 4) is 5.75 Å². The van der Waals surface area contributed by atoms with E-state index in [2.05, 4.69) is 12.2 Å². The van der Waals surface area contributed by atoms with Crippen LogP contribution in [0.1, 0.15) is 35.7 Å². The topological polar surface area (TPSA) is 81.5 Å². The van der Waals surface area contributed by atoms with Crippen LogP contribution in [-0.2, 0) is 0 Å². The predicted molar refractivity (Wildman–Crippen MR) is 92.6 cm³/mol. The lowest BCUT2D eigenvalue weighted by Crippen LogP contribution is -2.13. The van der Waals surface area contributed by atoms with Crippen molar-refractivity contribution >= 4 is 17.3 Å². The van der Waals surface area contributed by atoms with E-state index >= 15 is 0 Å². The van der Waals surface area contributed by atoms with Crippen LogP contribution in [-0.4, -0.2) is 17.4 Å². The van der Waals surface area contributed by atoms with E-state index in [1.807, 2.05) is 0 Å². The molecule has 0 aliphatic rings. The molecule has 0 saturated carbocycles. The Morgan fingerprint density at radius 2 is 1.92 bits per heavy atom. The van der Waals surface area contributed by atoms with Crippen LogP contribution < -0.4 is 10.1 Å². The minimum absolute atomic E-state index is 0.0597. The van der Waals surface area contributed by atoms with E-state index in [4.69, 9.17) is 4.74 Å². The van der Waals surface area contributed by atoms with Gasteiger partial charge in [0.25, 0.3) is 11.6 Å². The van der Waals surface area contributed by atoms with Crippen molar-refractivity contribution in [1.29, 1.82) is 0 Å². The Bertz CT molecular complexity index is 726. The number of nitrogens with one attached hydrogen (secondary N) is 1. The number of carbonyl (C=O) groups is 1. The van der Waals surface area contributed by atoms with Crippen LogP contribution in [0.2, 0.25) is 0 Å². The van der Waals surface area contributed by atoms with Crippen LogP contribution in [0.3, 0.4) is 0 Å². The number of ether oxygens (including phenoxy) is 1. The second-order valence-electron chi connectivity index (χ2n) is 5.44. The van der Waals surface area contributed by atoms with Gasteiger partial charge in [0.15, 0.2) is 0 Å². The number of nitro benzene ring substituents is 1. The Morgan fingerprint density at radius 1 is 1.21 bits per heavy atom. The van der Waals surface area contributed by atoms with Crippen LogP contribution in [0.5, 0.6) is 5.75 Å². The molecule has 0 heterocycles. The van der Waals surface area contributed by atoms with Gasteiger partial charge in [-0.15, -0.1) is 0 Å². The summed E-state index contributed by atoms with van der Waals surface area (Å²) in [6, 6.07) is 11.2. The van der Waals surface area contributed by atoms with Crippen LogP contribution >= 0.6 is 0 Å². The summed E-state index contributed by atoms with van der Waals surface area (Å²) in [6.45, 7) is 4.52. The standard InChI is InChI=1S/C18H20N2O4/c1-3-4-11-24-16-9-6-14(7-10-16)18(21)19-17-12-15(20(22)23)8-5-13(17)2/h5-10,12H,3-4,11H2,1-2H3,(H,19,21). The number of hydrogen-bond acceptors (Lipinski definition) is 4. The molecule has 0 unspecified atom stereocenters. The van der Waals surface area contributed by atoms with E-state index in [0.717, 1.165) is 18.4 Å². The fraction of sp³-hybridized carbons (Fsp3) is 0.278. The van der Waals surface area contributed by atoms with Crippen molar-refractivity contribution in [2.75, 3.05) is 11.9 Å². The Balaban J connectivity index is 2.07. The number of non-ortho nitro benzene ring substituents is 1. The molecule has 0 aliphatic heterocycles. The van der Waals surface area contributed by atoms with Crippen LogP contribution in [0.25, 0.3) is 0 Å². The van der Waals surface area contributed by atoms with E-state index in [0.29, 0.717) is 23.6 Å². The number of nitrogens with zero attached hydrogens (tertiary/aromatic N) is 1. The number of aryl methyl sites for hydroxylation is 1. The van der Waals surface area contributed by atoms with Gasteiger partial charge < -0.3 is 10.1 Å². The lowest BCUT2D eigenvalue weighted by atomic mass is 10.1. The summed E-state index contributed by atoms with van der Waals surface area (Å²) in [5, 5.41) is 13.6. The summed E-state index contributed by atoms with van der Waals surface area (Å²) in [5.41, 5.74) is 1.59. The SMILES string of the molecule is CCCCOc1ccc(C(=O)Nc2cc([N+](=O)[O-])ccc2C)cc1. The monoisotopic (exact) mass is 328 g/mol. The van der Waals surface area contributed by atoms with E-state index in [1.165, 1.54) is 12.1 Å². The van der Waals surface area contributed by atoms with Crippen molar-refractivity contribution in [1.82, 2.24) is 0 Å². The van der Waals surface area contributed by atoms with Gasteiger partial charge >= 0.3 is 0 Å². The molecule has 1 N–H and O–H groups in total. The number of amides is 1. The Hall–Kier alpha value is -2.89. The quantitative estimate of drug-likeness (QED) is 0.466. The first-order valence-corrected chi connectivity index (χ1v) is 7.80. The molecule has 1 amide bonds. The summed E-state index contributed by atoms with van der Waals surface area (Å²) in [5.74, 6) is 0.394. The van der Waals surface area contributed by atoms with E-state index in [-0.39, 0.29) is 11.6 Å². The van der Waals surface area contributed by atoms with Gasteiger partial charge in [-0.25, -0.2) is 0 Å². The first-order valence-electron chi connectivity index (χ1n) is 7.80. The molecule has 0 aromatic heterocycles. The van der Waals surface area contributed by atoms with Crippen LogP contribution in [0.4, 0.5) is 11.4 Å². The van der Waals surface area contributed by atoms with Crippen molar-refractivity contribution in [2.24, 2.45) is 0 Å². The highest BCUT2D eigenvalue weighted by molar-refractivity contribution is 6.04. The Labute approximate surface area is 140 Å². The second kappa shape index (κ2) is 8.10. The number of anilines is 1. The number of benzene rings is 2. The fourth-order valence-electron chi connectivity index (χ4n) is 2.09. The van der Waals surface area contributed by atoms with E-state index in [1.54, 1.807) is 37.3 Å². The maximum absolute atomic E-state index is 12.3. The number of unbranched alkanes of at least 4 members (excludes halogenated alkanes) is 1. The molecule has 2 aromatic rings. The molecule has 0 fully saturated rings. The molecular formula is C18H20N2O4. The molecule has 126 valence electrons. The first-order chi connectivity index (χ1) is 11.5. The van der Waals surface area contributed by atoms with Crippen LogP contribution in [0, 0.1) is 17.0 Å². The zero-order chi connectivity index (χ0) is 17.5. The molecular weight excluding hydrogens is 308 g/mol. The minimum Gasteiger partial charge on any atom is -0.494 e. The lowest BCUT2D eigenvalue weighted by molar-refractivity contribution is -0.384. The minimum atomic E-state index is -0.489. The Kier molecular flexibility index (Phi) is 5.89. The van der Waals surface area contributed by atoms with Gasteiger partial charge in [-0.3, -0.25) is 14.9 Å². The second-order valence-corrected chi connectivity index (χ2v) is 5.44. The average molecular weight is 328 g/mol. The van der Waals surface area contributed by atoms with Crippen molar-refractivity contribution in [3.05, 3.63) is 63.7 Å². The summed E-state index contributed by atoms with van der Waals surface area (Å²) >= 11 is 0. The van der Waals surface area contributed by atoms with Gasteiger partial charge in [0.05, 0.1) is 17.2 Å². The molecule has 0 aliphatic carbocycles. The third kappa shape index (κ3) is 4.55. The van der Waals surface area contributed by atoms with Gasteiger partial charge in [-0.05, 0) is 43.2 Å². The van der Waals surface area contributed by atoms with Gasteiger partial charge in [0.2, 0.25) is 0 Å². The molecule has 24 heavy (non-hydrogen) atoms. The zero-order valence-electron chi connectivity index (χ0n) is 13.7. The molecule has 0 spiro atoms. The zero-order valence-corrected chi connectivity index (χ0v) is 13.7. The summed E-state index contributed by atoms with van der Waals surface area (Å²) in [7, 11) is 0. The number of carbonyl (C=O) groups excluding carboxylic acids is 1. The molecule has 0 atom stereocenters. The van der Waals surface area contributed by atoms with Gasteiger partial charge in [-0.2, -0.15) is 0 Å². The number of rotatable bonds is 7. The molecule has 0 bridgehead atoms. The maximum Gasteiger partial charge on any atom is 0.271 e. The van der Waals surface area contributed by atoms with Crippen molar-refractivity contribution in [2.45, 2.75) is 26.7 Å². The highest BCUT2D eigenvalue weighted by Gasteiger charge is 2.12. The molecule has 2 rings (SSSR count). The maximum atomic E-state index is 12.3. The van der Waals surface area contributed by atoms with E-state index < -0.39 is 4.92 Å². The van der Waals surface area contributed by atoms with Gasteiger partial charge in [-0.1, -0.05) is 19.4 Å².